The Balaban J connectivity index is 2.42. The van der Waals surface area contributed by atoms with E-state index in [9.17, 15) is 9.90 Å². The topological polar surface area (TPSA) is 46.5 Å². The molecule has 0 aliphatic rings. The van der Waals surface area contributed by atoms with E-state index in [2.05, 4.69) is 4.74 Å². The maximum absolute atomic E-state index is 11.3. The summed E-state index contributed by atoms with van der Waals surface area (Å²) in [5, 5.41) is 9.88. The van der Waals surface area contributed by atoms with Gasteiger partial charge in [-0.25, -0.2) is 4.79 Å². The number of phenolic OH excluding ortho intramolecular Hbond substituents is 1. The largest absolute Gasteiger partial charge is 0.507 e. The van der Waals surface area contributed by atoms with Crippen LogP contribution in [0.4, 0.5) is 0 Å². The molecule has 3 heteroatoms. The first-order valence-electron chi connectivity index (χ1n) is 5.19. The maximum Gasteiger partial charge on any atom is 0.337 e. The van der Waals surface area contributed by atoms with E-state index >= 15 is 0 Å². The molecule has 0 bridgehead atoms. The van der Waals surface area contributed by atoms with Gasteiger partial charge in [-0.1, -0.05) is 30.3 Å². The molecule has 3 nitrogen and oxygen atoms in total. The summed E-state index contributed by atoms with van der Waals surface area (Å²) in [7, 11) is 1.31. The lowest BCUT2D eigenvalue weighted by atomic mass is 10.0. The van der Waals surface area contributed by atoms with E-state index in [1.807, 2.05) is 30.3 Å². The third-order valence-electron chi connectivity index (χ3n) is 2.50. The van der Waals surface area contributed by atoms with E-state index in [0.717, 1.165) is 5.56 Å². The van der Waals surface area contributed by atoms with Crippen molar-refractivity contribution < 1.29 is 14.6 Å². The highest BCUT2D eigenvalue weighted by atomic mass is 16.5. The highest BCUT2D eigenvalue weighted by molar-refractivity contribution is 5.91. The zero-order chi connectivity index (χ0) is 12.3. The molecule has 2 aromatic carbocycles. The van der Waals surface area contributed by atoms with Crippen molar-refractivity contribution in [3.63, 3.8) is 0 Å². The van der Waals surface area contributed by atoms with Crippen LogP contribution in [0.15, 0.2) is 48.5 Å². The molecule has 2 aromatic rings. The van der Waals surface area contributed by atoms with Gasteiger partial charge >= 0.3 is 5.97 Å². The first-order chi connectivity index (χ1) is 8.22. The summed E-state index contributed by atoms with van der Waals surface area (Å²) in [5.74, 6) is -0.390. The fourth-order valence-corrected chi connectivity index (χ4v) is 1.64. The summed E-state index contributed by atoms with van der Waals surface area (Å²) in [5.41, 5.74) is 1.93. The second-order valence-electron chi connectivity index (χ2n) is 3.59. The minimum absolute atomic E-state index is 0.0686. The molecule has 1 N–H and O–H groups in total. The zero-order valence-electron chi connectivity index (χ0n) is 9.38. The van der Waals surface area contributed by atoms with Crippen molar-refractivity contribution >= 4 is 5.97 Å². The molecular formula is C14H12O3. The first-order valence-corrected chi connectivity index (χ1v) is 5.19. The molecule has 0 aliphatic heterocycles. The number of rotatable bonds is 2. The van der Waals surface area contributed by atoms with Gasteiger partial charge in [0.25, 0.3) is 0 Å². The Morgan fingerprint density at radius 3 is 2.41 bits per heavy atom. The van der Waals surface area contributed by atoms with Crippen molar-refractivity contribution in [2.45, 2.75) is 0 Å². The summed E-state index contributed by atoms with van der Waals surface area (Å²) in [6.45, 7) is 0. The van der Waals surface area contributed by atoms with Crippen molar-refractivity contribution in [2.24, 2.45) is 0 Å². The van der Waals surface area contributed by atoms with Gasteiger partial charge in [-0.15, -0.1) is 0 Å². The summed E-state index contributed by atoms with van der Waals surface area (Å²) >= 11 is 0. The normalized spacial score (nSPS) is 9.94. The highest BCUT2D eigenvalue weighted by Gasteiger charge is 2.09. The Labute approximate surface area is 99.3 Å². The number of ether oxygens (including phenoxy) is 1. The van der Waals surface area contributed by atoms with Crippen molar-refractivity contribution in [2.75, 3.05) is 7.11 Å². The van der Waals surface area contributed by atoms with Crippen molar-refractivity contribution in [3.05, 3.63) is 54.1 Å². The third kappa shape index (κ3) is 2.28. The van der Waals surface area contributed by atoms with Gasteiger partial charge in [-0.3, -0.25) is 0 Å². The fraction of sp³-hybridized carbons (Fsp3) is 0.0714. The van der Waals surface area contributed by atoms with E-state index < -0.39 is 5.97 Å². The summed E-state index contributed by atoms with van der Waals surface area (Å²) < 4.78 is 4.59. The Hall–Kier alpha value is -2.29. The molecule has 0 saturated heterocycles. The predicted octanol–water partition coefficient (Wildman–Crippen LogP) is 2.85. The Bertz CT molecular complexity index is 532. The smallest absolute Gasteiger partial charge is 0.337 e. The van der Waals surface area contributed by atoms with E-state index in [1.165, 1.54) is 13.2 Å². The van der Waals surface area contributed by atoms with Gasteiger partial charge in [0.15, 0.2) is 0 Å². The molecule has 0 saturated carbocycles. The van der Waals surface area contributed by atoms with E-state index in [1.54, 1.807) is 12.1 Å². The van der Waals surface area contributed by atoms with Crippen molar-refractivity contribution in [1.29, 1.82) is 0 Å². The van der Waals surface area contributed by atoms with Crippen LogP contribution < -0.4 is 0 Å². The number of methoxy groups -OCH3 is 1. The van der Waals surface area contributed by atoms with E-state index in [-0.39, 0.29) is 5.75 Å². The van der Waals surface area contributed by atoms with Crippen LogP contribution in [0.3, 0.4) is 0 Å². The van der Waals surface area contributed by atoms with Crippen LogP contribution in [-0.4, -0.2) is 18.2 Å². The number of hydrogen-bond donors (Lipinski definition) is 1. The molecular weight excluding hydrogens is 216 g/mol. The number of aromatic hydroxyl groups is 1. The molecule has 0 unspecified atom stereocenters. The molecule has 17 heavy (non-hydrogen) atoms. The average Bonchev–Trinajstić information content (AvgIpc) is 2.38. The number of phenols is 1. The standard InChI is InChI=1S/C14H12O3/c1-17-14(16)11-7-8-12(13(15)9-11)10-5-3-2-4-6-10/h2-9,15H,1H3. The second-order valence-corrected chi connectivity index (χ2v) is 3.59. The minimum Gasteiger partial charge on any atom is -0.507 e. The molecule has 0 aliphatic carbocycles. The van der Waals surface area contributed by atoms with Crippen molar-refractivity contribution in [3.8, 4) is 16.9 Å². The van der Waals surface area contributed by atoms with Gasteiger partial charge < -0.3 is 9.84 Å². The van der Waals surface area contributed by atoms with Crippen LogP contribution in [-0.2, 0) is 4.74 Å². The van der Waals surface area contributed by atoms with Gasteiger partial charge in [0.2, 0.25) is 0 Å². The Kier molecular flexibility index (Phi) is 3.10. The number of carbonyl (C=O) groups excluding carboxylic acids is 1. The van der Waals surface area contributed by atoms with Crippen LogP contribution in [0.5, 0.6) is 5.75 Å². The van der Waals surface area contributed by atoms with Crippen LogP contribution in [0, 0.1) is 0 Å². The number of benzene rings is 2. The van der Waals surface area contributed by atoms with Gasteiger partial charge in [-0.05, 0) is 23.8 Å². The molecule has 0 atom stereocenters. The predicted molar refractivity (Wildman–Crippen MR) is 64.9 cm³/mol. The highest BCUT2D eigenvalue weighted by Crippen LogP contribution is 2.29. The molecule has 0 spiro atoms. The fourth-order valence-electron chi connectivity index (χ4n) is 1.64. The van der Waals surface area contributed by atoms with Crippen LogP contribution in [0.2, 0.25) is 0 Å². The van der Waals surface area contributed by atoms with Gasteiger partial charge in [0.05, 0.1) is 12.7 Å². The van der Waals surface area contributed by atoms with Gasteiger partial charge in [0.1, 0.15) is 5.75 Å². The molecule has 2 rings (SSSR count). The minimum atomic E-state index is -0.458. The lowest BCUT2D eigenvalue weighted by Crippen LogP contribution is -2.00. The van der Waals surface area contributed by atoms with Crippen LogP contribution in [0.1, 0.15) is 10.4 Å². The third-order valence-corrected chi connectivity index (χ3v) is 2.50. The number of hydrogen-bond acceptors (Lipinski definition) is 3. The van der Waals surface area contributed by atoms with E-state index in [4.69, 9.17) is 0 Å². The van der Waals surface area contributed by atoms with Gasteiger partial charge in [0, 0.05) is 5.56 Å². The van der Waals surface area contributed by atoms with Crippen LogP contribution in [0.25, 0.3) is 11.1 Å². The van der Waals surface area contributed by atoms with Crippen molar-refractivity contribution in [1.82, 2.24) is 0 Å². The second kappa shape index (κ2) is 4.70. The monoisotopic (exact) mass is 228 g/mol. The number of carbonyl (C=O) groups is 1. The molecule has 0 amide bonds. The zero-order valence-corrected chi connectivity index (χ0v) is 9.38. The lowest BCUT2D eigenvalue weighted by molar-refractivity contribution is 0.0600. The quantitative estimate of drug-likeness (QED) is 0.804. The molecule has 86 valence electrons. The van der Waals surface area contributed by atoms with Gasteiger partial charge in [-0.2, -0.15) is 0 Å². The summed E-state index contributed by atoms with van der Waals surface area (Å²) in [4.78, 5) is 11.3. The number of esters is 1. The molecule has 0 heterocycles. The Morgan fingerprint density at radius 1 is 1.12 bits per heavy atom. The van der Waals surface area contributed by atoms with E-state index in [0.29, 0.717) is 11.1 Å². The molecule has 0 fully saturated rings. The lowest BCUT2D eigenvalue weighted by Gasteiger charge is -2.06. The SMILES string of the molecule is COC(=O)c1ccc(-c2ccccc2)c(O)c1. The maximum atomic E-state index is 11.3. The first kappa shape index (κ1) is 11.2. The van der Waals surface area contributed by atoms with Crippen LogP contribution >= 0.6 is 0 Å². The Morgan fingerprint density at radius 2 is 1.82 bits per heavy atom. The molecule has 0 aromatic heterocycles. The molecule has 0 radical (unpaired) electrons. The summed E-state index contributed by atoms with van der Waals surface area (Å²) in [6.07, 6.45) is 0. The average molecular weight is 228 g/mol. The summed E-state index contributed by atoms with van der Waals surface area (Å²) in [6, 6.07) is 14.2.